The van der Waals surface area contributed by atoms with Crippen LogP contribution < -0.4 is 10.2 Å². The van der Waals surface area contributed by atoms with Crippen LogP contribution in [0.15, 0.2) is 30.6 Å². The lowest BCUT2D eigenvalue weighted by Crippen LogP contribution is -2.51. The van der Waals surface area contributed by atoms with Gasteiger partial charge in [-0.2, -0.15) is 0 Å². The predicted molar refractivity (Wildman–Crippen MR) is 114 cm³/mol. The molecule has 2 aromatic heterocycles. The predicted octanol–water partition coefficient (Wildman–Crippen LogP) is 2.42. The van der Waals surface area contributed by atoms with Crippen LogP contribution >= 0.6 is 0 Å². The second-order valence-electron chi connectivity index (χ2n) is 8.10. The number of nitrogens with one attached hydrogen (secondary N) is 1. The molecule has 2 aliphatic rings. The standard InChI is InChI=1S/C22H30N6O/c1-17-14-20(26-22(24-17)18-6-5-9-23-15-18)28-12-10-27(11-13-28)16-21(29)25-19-7-3-2-4-8-19/h5-6,9,14-15,19H,2-4,7-8,10-13,16H2,1H3,(H,25,29). The second kappa shape index (κ2) is 9.31. The molecule has 1 amide bonds. The Morgan fingerprint density at radius 1 is 1.14 bits per heavy atom. The number of rotatable bonds is 5. The number of aromatic nitrogens is 3. The number of anilines is 1. The van der Waals surface area contributed by atoms with E-state index in [4.69, 9.17) is 4.98 Å². The van der Waals surface area contributed by atoms with Crippen molar-refractivity contribution >= 4 is 11.7 Å². The molecule has 0 spiro atoms. The summed E-state index contributed by atoms with van der Waals surface area (Å²) in [5.74, 6) is 1.83. The number of piperazine rings is 1. The summed E-state index contributed by atoms with van der Waals surface area (Å²) in [6, 6.07) is 6.30. The van der Waals surface area contributed by atoms with Crippen LogP contribution in [0.1, 0.15) is 37.8 Å². The summed E-state index contributed by atoms with van der Waals surface area (Å²) >= 11 is 0. The molecule has 0 aromatic carbocycles. The van der Waals surface area contributed by atoms with Crippen LogP contribution in [0.25, 0.3) is 11.4 Å². The van der Waals surface area contributed by atoms with Crippen molar-refractivity contribution in [3.05, 3.63) is 36.3 Å². The van der Waals surface area contributed by atoms with Gasteiger partial charge in [0.15, 0.2) is 5.82 Å². The van der Waals surface area contributed by atoms with E-state index in [0.717, 1.165) is 56.1 Å². The lowest BCUT2D eigenvalue weighted by molar-refractivity contribution is -0.123. The number of carbonyl (C=O) groups excluding carboxylic acids is 1. The van der Waals surface area contributed by atoms with Crippen LogP contribution in [-0.2, 0) is 4.79 Å². The molecule has 1 aliphatic carbocycles. The van der Waals surface area contributed by atoms with E-state index < -0.39 is 0 Å². The number of hydrogen-bond donors (Lipinski definition) is 1. The molecule has 1 saturated heterocycles. The van der Waals surface area contributed by atoms with Crippen molar-refractivity contribution in [2.75, 3.05) is 37.6 Å². The van der Waals surface area contributed by atoms with Gasteiger partial charge in [-0.15, -0.1) is 0 Å². The Morgan fingerprint density at radius 2 is 1.93 bits per heavy atom. The fourth-order valence-corrected chi connectivity index (χ4v) is 4.20. The van der Waals surface area contributed by atoms with Crippen molar-refractivity contribution in [3.63, 3.8) is 0 Å². The number of aryl methyl sites for hydroxylation is 1. The average Bonchev–Trinajstić information content (AvgIpc) is 2.75. The van der Waals surface area contributed by atoms with Gasteiger partial charge >= 0.3 is 0 Å². The Morgan fingerprint density at radius 3 is 2.66 bits per heavy atom. The molecule has 1 N–H and O–H groups in total. The molecule has 0 atom stereocenters. The van der Waals surface area contributed by atoms with E-state index >= 15 is 0 Å². The fourth-order valence-electron chi connectivity index (χ4n) is 4.20. The summed E-state index contributed by atoms with van der Waals surface area (Å²) < 4.78 is 0. The lowest BCUT2D eigenvalue weighted by Gasteiger charge is -2.35. The third-order valence-electron chi connectivity index (χ3n) is 5.79. The van der Waals surface area contributed by atoms with Gasteiger partial charge in [0.25, 0.3) is 0 Å². The normalized spacial score (nSPS) is 18.6. The Kier molecular flexibility index (Phi) is 6.34. The fraction of sp³-hybridized carbons (Fsp3) is 0.545. The Balaban J connectivity index is 1.32. The molecule has 29 heavy (non-hydrogen) atoms. The van der Waals surface area contributed by atoms with Gasteiger partial charge in [-0.3, -0.25) is 14.7 Å². The molecule has 2 aromatic rings. The molecule has 7 nitrogen and oxygen atoms in total. The molecule has 1 saturated carbocycles. The number of carbonyl (C=O) groups is 1. The molecular weight excluding hydrogens is 364 g/mol. The highest BCUT2D eigenvalue weighted by molar-refractivity contribution is 5.78. The van der Waals surface area contributed by atoms with E-state index in [1.54, 1.807) is 12.4 Å². The van der Waals surface area contributed by atoms with Crippen LogP contribution in [-0.4, -0.2) is 64.5 Å². The van der Waals surface area contributed by atoms with Gasteiger partial charge in [0.1, 0.15) is 5.82 Å². The molecule has 0 radical (unpaired) electrons. The van der Waals surface area contributed by atoms with E-state index in [2.05, 4.69) is 25.1 Å². The zero-order valence-corrected chi connectivity index (χ0v) is 17.2. The van der Waals surface area contributed by atoms with E-state index in [1.165, 1.54) is 19.3 Å². The zero-order chi connectivity index (χ0) is 20.1. The van der Waals surface area contributed by atoms with Crippen LogP contribution in [0.3, 0.4) is 0 Å². The summed E-state index contributed by atoms with van der Waals surface area (Å²) in [4.78, 5) is 30.4. The van der Waals surface area contributed by atoms with Crippen molar-refractivity contribution < 1.29 is 4.79 Å². The minimum absolute atomic E-state index is 0.169. The monoisotopic (exact) mass is 394 g/mol. The second-order valence-corrected chi connectivity index (χ2v) is 8.10. The summed E-state index contributed by atoms with van der Waals surface area (Å²) in [5, 5.41) is 3.22. The van der Waals surface area contributed by atoms with Crippen LogP contribution in [0.2, 0.25) is 0 Å². The maximum Gasteiger partial charge on any atom is 0.234 e. The van der Waals surface area contributed by atoms with Crippen molar-refractivity contribution in [1.82, 2.24) is 25.2 Å². The summed E-state index contributed by atoms with van der Waals surface area (Å²) in [7, 11) is 0. The van der Waals surface area contributed by atoms with E-state index in [0.29, 0.717) is 18.4 Å². The Bertz CT molecular complexity index is 813. The van der Waals surface area contributed by atoms with Crippen molar-refractivity contribution in [3.8, 4) is 11.4 Å². The highest BCUT2D eigenvalue weighted by Gasteiger charge is 2.22. The molecule has 1 aliphatic heterocycles. The molecule has 154 valence electrons. The van der Waals surface area contributed by atoms with Crippen LogP contribution in [0.4, 0.5) is 5.82 Å². The molecule has 7 heteroatoms. The average molecular weight is 395 g/mol. The van der Waals surface area contributed by atoms with Gasteiger partial charge in [0.05, 0.1) is 6.54 Å². The number of amides is 1. The highest BCUT2D eigenvalue weighted by Crippen LogP contribution is 2.21. The van der Waals surface area contributed by atoms with Gasteiger partial charge in [0, 0.05) is 61.9 Å². The Labute approximate surface area is 172 Å². The van der Waals surface area contributed by atoms with Crippen molar-refractivity contribution in [2.24, 2.45) is 0 Å². The number of nitrogens with zero attached hydrogens (tertiary/aromatic N) is 5. The number of pyridine rings is 1. The van der Waals surface area contributed by atoms with Gasteiger partial charge in [-0.1, -0.05) is 19.3 Å². The summed E-state index contributed by atoms with van der Waals surface area (Å²) in [5.41, 5.74) is 1.87. The van der Waals surface area contributed by atoms with Crippen LogP contribution in [0.5, 0.6) is 0 Å². The molecule has 0 bridgehead atoms. The lowest BCUT2D eigenvalue weighted by atomic mass is 9.95. The maximum absolute atomic E-state index is 12.4. The number of hydrogen-bond acceptors (Lipinski definition) is 6. The van der Waals surface area contributed by atoms with Gasteiger partial charge < -0.3 is 10.2 Å². The summed E-state index contributed by atoms with van der Waals surface area (Å²) in [6.07, 6.45) is 9.59. The maximum atomic E-state index is 12.4. The Hall–Kier alpha value is -2.54. The van der Waals surface area contributed by atoms with E-state index in [1.807, 2.05) is 25.1 Å². The van der Waals surface area contributed by atoms with Crippen molar-refractivity contribution in [1.29, 1.82) is 0 Å². The van der Waals surface area contributed by atoms with E-state index in [-0.39, 0.29) is 5.91 Å². The molecule has 3 heterocycles. The SMILES string of the molecule is Cc1cc(N2CCN(CC(=O)NC3CCCCC3)CC2)nc(-c2cccnc2)n1. The molecular formula is C22H30N6O. The van der Waals surface area contributed by atoms with Gasteiger partial charge in [-0.25, -0.2) is 9.97 Å². The third-order valence-corrected chi connectivity index (χ3v) is 5.79. The molecule has 0 unspecified atom stereocenters. The van der Waals surface area contributed by atoms with Crippen molar-refractivity contribution in [2.45, 2.75) is 45.1 Å². The minimum Gasteiger partial charge on any atom is -0.354 e. The van der Waals surface area contributed by atoms with Gasteiger partial charge in [0.2, 0.25) is 5.91 Å². The first-order valence-corrected chi connectivity index (χ1v) is 10.7. The quantitative estimate of drug-likeness (QED) is 0.840. The smallest absolute Gasteiger partial charge is 0.234 e. The zero-order valence-electron chi connectivity index (χ0n) is 17.2. The largest absolute Gasteiger partial charge is 0.354 e. The van der Waals surface area contributed by atoms with Gasteiger partial charge in [-0.05, 0) is 31.9 Å². The first-order valence-electron chi connectivity index (χ1n) is 10.7. The first-order chi connectivity index (χ1) is 14.2. The van der Waals surface area contributed by atoms with Crippen LogP contribution in [0, 0.1) is 6.92 Å². The highest BCUT2D eigenvalue weighted by atomic mass is 16.2. The van der Waals surface area contributed by atoms with E-state index in [9.17, 15) is 4.79 Å². The minimum atomic E-state index is 0.169. The summed E-state index contributed by atoms with van der Waals surface area (Å²) in [6.45, 7) is 5.94. The third kappa shape index (κ3) is 5.29. The topological polar surface area (TPSA) is 74.2 Å². The molecule has 2 fully saturated rings. The first kappa shape index (κ1) is 19.8. The molecule has 4 rings (SSSR count).